The van der Waals surface area contributed by atoms with Crippen LogP contribution in [0.2, 0.25) is 0 Å². The Morgan fingerprint density at radius 2 is 1.69 bits per heavy atom. The van der Waals surface area contributed by atoms with E-state index in [4.69, 9.17) is 4.52 Å². The summed E-state index contributed by atoms with van der Waals surface area (Å²) >= 11 is 0. The van der Waals surface area contributed by atoms with E-state index in [1.807, 2.05) is 4.90 Å². The summed E-state index contributed by atoms with van der Waals surface area (Å²) in [6.07, 6.45) is 9.55. The van der Waals surface area contributed by atoms with Gasteiger partial charge in [-0.25, -0.2) is 0 Å². The van der Waals surface area contributed by atoms with Crippen LogP contribution < -0.4 is 5.56 Å². The van der Waals surface area contributed by atoms with Crippen molar-refractivity contribution in [2.24, 2.45) is 17.8 Å². The predicted molar refractivity (Wildman–Crippen MR) is 96.7 cm³/mol. The lowest BCUT2D eigenvalue weighted by molar-refractivity contribution is -0.138. The monoisotopic (exact) mass is 359 g/mol. The molecule has 1 aromatic heterocycles. The Kier molecular flexibility index (Phi) is 3.99. The van der Waals surface area contributed by atoms with E-state index < -0.39 is 0 Å². The average molecular weight is 359 g/mol. The van der Waals surface area contributed by atoms with E-state index in [-0.39, 0.29) is 11.5 Å². The van der Waals surface area contributed by atoms with E-state index in [1.165, 1.54) is 44.6 Å². The van der Waals surface area contributed by atoms with Gasteiger partial charge in [0.1, 0.15) is 5.76 Å². The zero-order valence-electron chi connectivity index (χ0n) is 15.4. The number of amides is 1. The van der Waals surface area contributed by atoms with Gasteiger partial charge in [-0.1, -0.05) is 0 Å². The van der Waals surface area contributed by atoms with Gasteiger partial charge in [-0.15, -0.1) is 0 Å². The molecule has 5 fully saturated rings. The molecule has 0 unspecified atom stereocenters. The van der Waals surface area contributed by atoms with Crippen molar-refractivity contribution >= 4 is 5.91 Å². The number of carbonyl (C=O) groups is 1. The maximum atomic E-state index is 12.5. The molecule has 1 saturated heterocycles. The molecule has 0 atom stereocenters. The molecule has 0 aromatic carbocycles. The molecule has 0 spiro atoms. The zero-order valence-corrected chi connectivity index (χ0v) is 15.4. The highest BCUT2D eigenvalue weighted by Gasteiger charge is 2.53. The van der Waals surface area contributed by atoms with Gasteiger partial charge in [0.25, 0.3) is 5.56 Å². The minimum absolute atomic E-state index is 0.180. The van der Waals surface area contributed by atoms with Crippen LogP contribution in [-0.2, 0) is 11.2 Å². The number of aromatic nitrogens is 1. The van der Waals surface area contributed by atoms with Gasteiger partial charge in [0.15, 0.2) is 0 Å². The first-order valence-corrected chi connectivity index (χ1v) is 10.3. The van der Waals surface area contributed by atoms with Crippen LogP contribution >= 0.6 is 0 Å². The summed E-state index contributed by atoms with van der Waals surface area (Å²) in [5, 5.41) is 2.28. The number of rotatable bonds is 4. The normalized spacial score (nSPS) is 36.6. The molecule has 0 radical (unpaired) electrons. The lowest BCUT2D eigenvalue weighted by Crippen LogP contribution is -2.64. The second kappa shape index (κ2) is 6.25. The maximum absolute atomic E-state index is 12.5. The highest BCUT2D eigenvalue weighted by molar-refractivity contribution is 5.76. The Labute approximate surface area is 153 Å². The van der Waals surface area contributed by atoms with Crippen molar-refractivity contribution in [2.75, 3.05) is 26.2 Å². The number of nitrogens with zero attached hydrogens (tertiary/aromatic N) is 2. The van der Waals surface area contributed by atoms with Crippen LogP contribution in [0.25, 0.3) is 0 Å². The molecule has 1 aliphatic heterocycles. The average Bonchev–Trinajstić information content (AvgIpc) is 3.04. The summed E-state index contributed by atoms with van der Waals surface area (Å²) in [7, 11) is 0. The number of hydrogen-bond donors (Lipinski definition) is 1. The molecule has 6 nitrogen and oxygen atoms in total. The Bertz CT molecular complexity index is 693. The highest BCUT2D eigenvalue weighted by atomic mass is 16.5. The van der Waals surface area contributed by atoms with Gasteiger partial charge in [-0.05, 0) is 56.3 Å². The van der Waals surface area contributed by atoms with E-state index in [1.54, 1.807) is 0 Å². The molecule has 1 aromatic rings. The van der Waals surface area contributed by atoms with E-state index in [0.717, 1.165) is 43.9 Å². The van der Waals surface area contributed by atoms with E-state index in [2.05, 4.69) is 10.1 Å². The second-order valence-electron chi connectivity index (χ2n) is 9.19. The van der Waals surface area contributed by atoms with Gasteiger partial charge < -0.3 is 9.42 Å². The van der Waals surface area contributed by atoms with Crippen molar-refractivity contribution in [1.29, 1.82) is 0 Å². The van der Waals surface area contributed by atoms with Crippen LogP contribution in [0.3, 0.4) is 0 Å². The Morgan fingerprint density at radius 3 is 2.23 bits per heavy atom. The van der Waals surface area contributed by atoms with Gasteiger partial charge in [0.2, 0.25) is 5.91 Å². The Balaban J connectivity index is 1.16. The fraction of sp³-hybridized carbons (Fsp3) is 0.800. The number of carbonyl (C=O) groups excluding carboxylic acids is 1. The van der Waals surface area contributed by atoms with Crippen molar-refractivity contribution in [3.63, 3.8) is 0 Å². The van der Waals surface area contributed by atoms with Crippen LogP contribution in [-0.4, -0.2) is 52.6 Å². The molecule has 5 aliphatic rings. The van der Waals surface area contributed by atoms with Gasteiger partial charge in [0, 0.05) is 50.6 Å². The molecule has 4 bridgehead atoms. The minimum Gasteiger partial charge on any atom is -0.384 e. The number of aromatic amines is 1. The first kappa shape index (κ1) is 16.6. The topological polar surface area (TPSA) is 69.5 Å². The molecule has 2 heterocycles. The minimum atomic E-state index is -0.239. The SMILES string of the molecule is O=C(CCc1cc(=O)[nH]o1)N1CCN(C23CC4CC(CC(C4)C2)C3)CC1. The van der Waals surface area contributed by atoms with Crippen molar-refractivity contribution < 1.29 is 9.32 Å². The molecular formula is C20H29N3O3. The van der Waals surface area contributed by atoms with Crippen LogP contribution in [0.1, 0.15) is 50.7 Å². The summed E-state index contributed by atoms with van der Waals surface area (Å²) in [5.41, 5.74) is 0.218. The number of aryl methyl sites for hydroxylation is 1. The fourth-order valence-corrected chi connectivity index (χ4v) is 6.71. The summed E-state index contributed by atoms with van der Waals surface area (Å²) in [4.78, 5) is 28.3. The largest absolute Gasteiger partial charge is 0.384 e. The molecule has 142 valence electrons. The quantitative estimate of drug-likeness (QED) is 0.893. The maximum Gasteiger partial charge on any atom is 0.280 e. The number of piperazine rings is 1. The molecular weight excluding hydrogens is 330 g/mol. The van der Waals surface area contributed by atoms with Crippen molar-refractivity contribution in [1.82, 2.24) is 15.0 Å². The number of hydrogen-bond acceptors (Lipinski definition) is 4. The van der Waals surface area contributed by atoms with Gasteiger partial charge in [-0.3, -0.25) is 14.5 Å². The van der Waals surface area contributed by atoms with Gasteiger partial charge >= 0.3 is 0 Å². The molecule has 6 rings (SSSR count). The van der Waals surface area contributed by atoms with Crippen LogP contribution in [0.15, 0.2) is 15.4 Å². The molecule has 1 N–H and O–H groups in total. The van der Waals surface area contributed by atoms with Crippen molar-refractivity contribution in [2.45, 2.75) is 56.9 Å². The lowest BCUT2D eigenvalue weighted by Gasteiger charge is -2.61. The van der Waals surface area contributed by atoms with Crippen LogP contribution in [0, 0.1) is 17.8 Å². The highest BCUT2D eigenvalue weighted by Crippen LogP contribution is 2.57. The molecule has 4 saturated carbocycles. The van der Waals surface area contributed by atoms with E-state index in [0.29, 0.717) is 24.1 Å². The molecule has 1 amide bonds. The number of H-pyrrole nitrogens is 1. The predicted octanol–water partition coefficient (Wildman–Crippen LogP) is 2.01. The third kappa shape index (κ3) is 2.92. The summed E-state index contributed by atoms with van der Waals surface area (Å²) in [6.45, 7) is 3.74. The number of nitrogens with one attached hydrogen (secondary N) is 1. The standard InChI is InChI=1S/C20H29N3O3/c24-18-10-17(26-21-18)1-2-19(25)22-3-5-23(6-4-22)20-11-14-7-15(12-20)9-16(8-14)13-20/h10,14-16H,1-9,11-13H2,(H,21,24). The van der Waals surface area contributed by atoms with Crippen molar-refractivity contribution in [3.05, 3.63) is 22.2 Å². The van der Waals surface area contributed by atoms with E-state index in [9.17, 15) is 9.59 Å². The lowest BCUT2D eigenvalue weighted by atomic mass is 9.52. The first-order chi connectivity index (χ1) is 12.6. The van der Waals surface area contributed by atoms with E-state index >= 15 is 0 Å². The van der Waals surface area contributed by atoms with Gasteiger partial charge in [0.05, 0.1) is 0 Å². The Morgan fingerprint density at radius 1 is 1.08 bits per heavy atom. The Hall–Kier alpha value is -1.56. The fourth-order valence-electron chi connectivity index (χ4n) is 6.71. The first-order valence-electron chi connectivity index (χ1n) is 10.3. The molecule has 26 heavy (non-hydrogen) atoms. The second-order valence-corrected chi connectivity index (χ2v) is 9.19. The van der Waals surface area contributed by atoms with Crippen LogP contribution in [0.5, 0.6) is 0 Å². The summed E-state index contributed by atoms with van der Waals surface area (Å²) in [5.74, 6) is 3.65. The van der Waals surface area contributed by atoms with Crippen LogP contribution in [0.4, 0.5) is 0 Å². The molecule has 4 aliphatic carbocycles. The summed E-state index contributed by atoms with van der Waals surface area (Å²) in [6, 6.07) is 1.43. The van der Waals surface area contributed by atoms with Gasteiger partial charge in [-0.2, -0.15) is 5.16 Å². The van der Waals surface area contributed by atoms with Crippen molar-refractivity contribution in [3.8, 4) is 0 Å². The summed E-state index contributed by atoms with van der Waals surface area (Å²) < 4.78 is 5.04. The third-order valence-electron chi connectivity index (χ3n) is 7.47. The zero-order chi connectivity index (χ0) is 17.7. The smallest absolute Gasteiger partial charge is 0.280 e. The molecule has 6 heteroatoms. The third-order valence-corrected chi connectivity index (χ3v) is 7.47.